The molecule has 0 saturated carbocycles. The number of hydrogen-bond acceptors (Lipinski definition) is 5. The monoisotopic (exact) mass is 411 g/mol. The van der Waals surface area contributed by atoms with Gasteiger partial charge in [-0.1, -0.05) is 23.2 Å². The van der Waals surface area contributed by atoms with Crippen molar-refractivity contribution in [1.29, 1.82) is 0 Å². The SMILES string of the molecule is CCN(C(=O)COC(=O)c1cc(F)c(Cl)cc1Cl)[C@@H]1CCS(=O)(=O)C1. The highest BCUT2D eigenvalue weighted by Gasteiger charge is 2.34. The Hall–Kier alpha value is -1.38. The molecular weight excluding hydrogens is 396 g/mol. The highest BCUT2D eigenvalue weighted by molar-refractivity contribution is 7.91. The lowest BCUT2D eigenvalue weighted by Crippen LogP contribution is -2.43. The number of carbonyl (C=O) groups is 2. The molecule has 0 unspecified atom stereocenters. The molecule has 25 heavy (non-hydrogen) atoms. The molecule has 1 aliphatic heterocycles. The number of esters is 1. The lowest BCUT2D eigenvalue weighted by Gasteiger charge is -2.26. The second-order valence-corrected chi connectivity index (χ2v) is 8.60. The minimum atomic E-state index is -3.15. The molecule has 0 radical (unpaired) electrons. The quantitative estimate of drug-likeness (QED) is 0.548. The molecule has 1 aromatic rings. The number of likely N-dealkylation sites (N-methyl/N-ethyl adjacent to an activating group) is 1. The fourth-order valence-corrected chi connectivity index (χ4v) is 4.82. The number of halogens is 3. The van der Waals surface area contributed by atoms with Gasteiger partial charge >= 0.3 is 5.97 Å². The predicted molar refractivity (Wildman–Crippen MR) is 91.1 cm³/mol. The normalized spacial score (nSPS) is 18.8. The summed E-state index contributed by atoms with van der Waals surface area (Å²) in [4.78, 5) is 25.6. The van der Waals surface area contributed by atoms with Crippen LogP contribution >= 0.6 is 23.2 Å². The third kappa shape index (κ3) is 4.83. The van der Waals surface area contributed by atoms with Crippen LogP contribution in [-0.4, -0.2) is 55.9 Å². The van der Waals surface area contributed by atoms with Crippen molar-refractivity contribution in [3.63, 3.8) is 0 Å². The van der Waals surface area contributed by atoms with Gasteiger partial charge < -0.3 is 9.64 Å². The second kappa shape index (κ2) is 7.88. The fourth-order valence-electron chi connectivity index (χ4n) is 2.63. The van der Waals surface area contributed by atoms with Gasteiger partial charge in [-0.2, -0.15) is 0 Å². The van der Waals surface area contributed by atoms with Crippen molar-refractivity contribution in [2.45, 2.75) is 19.4 Å². The van der Waals surface area contributed by atoms with Crippen LogP contribution in [0.2, 0.25) is 10.0 Å². The molecule has 1 aliphatic rings. The van der Waals surface area contributed by atoms with Crippen molar-refractivity contribution in [1.82, 2.24) is 4.90 Å². The fraction of sp³-hybridized carbons (Fsp3) is 0.467. The van der Waals surface area contributed by atoms with Gasteiger partial charge in [0, 0.05) is 12.6 Å². The summed E-state index contributed by atoms with van der Waals surface area (Å²) in [7, 11) is -3.15. The number of ether oxygens (including phenoxy) is 1. The lowest BCUT2D eigenvalue weighted by atomic mass is 10.2. The van der Waals surface area contributed by atoms with E-state index in [4.69, 9.17) is 27.9 Å². The van der Waals surface area contributed by atoms with Crippen molar-refractivity contribution >= 4 is 44.9 Å². The Morgan fingerprint density at radius 2 is 2.00 bits per heavy atom. The minimum Gasteiger partial charge on any atom is -0.452 e. The van der Waals surface area contributed by atoms with Gasteiger partial charge in [0.2, 0.25) is 0 Å². The molecule has 1 aromatic carbocycles. The van der Waals surface area contributed by atoms with E-state index in [1.165, 1.54) is 4.90 Å². The first-order valence-electron chi connectivity index (χ1n) is 7.46. The molecule has 6 nitrogen and oxygen atoms in total. The van der Waals surface area contributed by atoms with Gasteiger partial charge in [0.25, 0.3) is 5.91 Å². The molecule has 0 aliphatic carbocycles. The molecule has 0 N–H and O–H groups in total. The van der Waals surface area contributed by atoms with Crippen molar-refractivity contribution in [3.05, 3.63) is 33.6 Å². The predicted octanol–water partition coefficient (Wildman–Crippen LogP) is 2.32. The van der Waals surface area contributed by atoms with Crippen LogP contribution in [0.4, 0.5) is 4.39 Å². The molecule has 1 saturated heterocycles. The average molecular weight is 412 g/mol. The van der Waals surface area contributed by atoms with Crippen LogP contribution in [0, 0.1) is 5.82 Å². The Kier molecular flexibility index (Phi) is 6.29. The molecule has 2 rings (SSSR count). The molecule has 0 aromatic heterocycles. The van der Waals surface area contributed by atoms with Gasteiger partial charge in [0.15, 0.2) is 16.4 Å². The van der Waals surface area contributed by atoms with Gasteiger partial charge in [0.1, 0.15) is 5.82 Å². The summed E-state index contributed by atoms with van der Waals surface area (Å²) < 4.78 is 41.4. The zero-order valence-electron chi connectivity index (χ0n) is 13.3. The Bertz CT molecular complexity index is 799. The van der Waals surface area contributed by atoms with Gasteiger partial charge in [-0.05, 0) is 25.5 Å². The molecule has 0 bridgehead atoms. The van der Waals surface area contributed by atoms with E-state index in [2.05, 4.69) is 0 Å². The summed E-state index contributed by atoms with van der Waals surface area (Å²) in [6.07, 6.45) is 0.351. The molecule has 138 valence electrons. The third-order valence-corrected chi connectivity index (χ3v) is 6.22. The molecule has 1 amide bonds. The summed E-state index contributed by atoms with van der Waals surface area (Å²) in [5, 5.41) is -0.338. The number of nitrogens with zero attached hydrogens (tertiary/aromatic N) is 1. The highest BCUT2D eigenvalue weighted by Crippen LogP contribution is 2.25. The van der Waals surface area contributed by atoms with Crippen LogP contribution in [0.1, 0.15) is 23.7 Å². The van der Waals surface area contributed by atoms with Gasteiger partial charge in [0.05, 0.1) is 27.1 Å². The Labute approximate surface area is 154 Å². The van der Waals surface area contributed by atoms with E-state index >= 15 is 0 Å². The molecule has 1 heterocycles. The van der Waals surface area contributed by atoms with Crippen LogP contribution < -0.4 is 0 Å². The maximum absolute atomic E-state index is 13.4. The number of carbonyl (C=O) groups excluding carboxylic acids is 2. The van der Waals surface area contributed by atoms with Crippen molar-refractivity contribution < 1.29 is 27.1 Å². The van der Waals surface area contributed by atoms with Crippen molar-refractivity contribution in [3.8, 4) is 0 Å². The smallest absolute Gasteiger partial charge is 0.340 e. The number of benzene rings is 1. The maximum atomic E-state index is 13.4. The molecule has 10 heteroatoms. The van der Waals surface area contributed by atoms with E-state index in [9.17, 15) is 22.4 Å². The number of hydrogen-bond donors (Lipinski definition) is 0. The molecule has 1 atom stereocenters. The first-order valence-corrected chi connectivity index (χ1v) is 10.0. The van der Waals surface area contributed by atoms with Crippen LogP contribution in [-0.2, 0) is 19.4 Å². The minimum absolute atomic E-state index is 0.0287. The van der Waals surface area contributed by atoms with Crippen molar-refractivity contribution in [2.75, 3.05) is 24.7 Å². The summed E-state index contributed by atoms with van der Waals surface area (Å²) in [6, 6.07) is 1.47. The summed E-state index contributed by atoms with van der Waals surface area (Å²) in [6.45, 7) is 1.40. The van der Waals surface area contributed by atoms with Crippen molar-refractivity contribution in [2.24, 2.45) is 0 Å². The third-order valence-electron chi connectivity index (χ3n) is 3.87. The Morgan fingerprint density at radius 3 is 2.56 bits per heavy atom. The number of rotatable bonds is 5. The first kappa shape index (κ1) is 19.9. The average Bonchev–Trinajstić information content (AvgIpc) is 2.89. The van der Waals surface area contributed by atoms with Crippen LogP contribution in [0.15, 0.2) is 12.1 Å². The van der Waals surface area contributed by atoms with Crippen LogP contribution in [0.5, 0.6) is 0 Å². The summed E-state index contributed by atoms with van der Waals surface area (Å²) >= 11 is 11.4. The molecule has 1 fully saturated rings. The van der Waals surface area contributed by atoms with Gasteiger partial charge in [-0.15, -0.1) is 0 Å². The largest absolute Gasteiger partial charge is 0.452 e. The molecule has 0 spiro atoms. The number of amides is 1. The Morgan fingerprint density at radius 1 is 1.32 bits per heavy atom. The van der Waals surface area contributed by atoms with E-state index < -0.39 is 40.2 Å². The lowest BCUT2D eigenvalue weighted by molar-refractivity contribution is -0.136. The summed E-state index contributed by atoms with van der Waals surface area (Å²) in [5.74, 6) is -2.40. The zero-order chi connectivity index (χ0) is 18.8. The van der Waals surface area contributed by atoms with Crippen LogP contribution in [0.3, 0.4) is 0 Å². The molecular formula is C15H16Cl2FNO5S. The maximum Gasteiger partial charge on any atom is 0.340 e. The van der Waals surface area contributed by atoms with E-state index in [1.807, 2.05) is 0 Å². The van der Waals surface area contributed by atoms with E-state index in [-0.39, 0.29) is 33.7 Å². The summed E-state index contributed by atoms with van der Waals surface area (Å²) in [5.41, 5.74) is -0.247. The second-order valence-electron chi connectivity index (χ2n) is 5.56. The topological polar surface area (TPSA) is 80.8 Å². The van der Waals surface area contributed by atoms with Gasteiger partial charge in [-0.3, -0.25) is 4.79 Å². The Balaban J connectivity index is 2.01. The van der Waals surface area contributed by atoms with Crippen LogP contribution in [0.25, 0.3) is 0 Å². The number of sulfone groups is 1. The highest BCUT2D eigenvalue weighted by atomic mass is 35.5. The zero-order valence-corrected chi connectivity index (χ0v) is 15.6. The van der Waals surface area contributed by atoms with Gasteiger partial charge in [-0.25, -0.2) is 17.6 Å². The van der Waals surface area contributed by atoms with E-state index in [0.717, 1.165) is 12.1 Å². The first-order chi connectivity index (χ1) is 11.6. The van der Waals surface area contributed by atoms with E-state index in [0.29, 0.717) is 6.42 Å². The van der Waals surface area contributed by atoms with E-state index in [1.54, 1.807) is 6.92 Å². The standard InChI is InChI=1S/C15H16Cl2FNO5S/c1-2-19(9-3-4-25(22,23)8-9)14(20)7-24-15(21)10-5-13(18)12(17)6-11(10)16/h5-6,9H,2-4,7-8H2,1H3/t9-/m1/s1.